The second-order valence-corrected chi connectivity index (χ2v) is 5.43. The van der Waals surface area contributed by atoms with Crippen LogP contribution >= 0.6 is 0 Å². The minimum atomic E-state index is -0.257. The lowest BCUT2D eigenvalue weighted by atomic mass is 10.1. The molecular formula is C19H22N2O4. The van der Waals surface area contributed by atoms with Gasteiger partial charge in [0.1, 0.15) is 0 Å². The van der Waals surface area contributed by atoms with Crippen molar-refractivity contribution in [2.45, 2.75) is 20.3 Å². The predicted octanol–water partition coefficient (Wildman–Crippen LogP) is 3.69. The van der Waals surface area contributed by atoms with E-state index in [2.05, 4.69) is 10.6 Å². The van der Waals surface area contributed by atoms with E-state index < -0.39 is 0 Å². The van der Waals surface area contributed by atoms with Crippen molar-refractivity contribution >= 4 is 23.2 Å². The van der Waals surface area contributed by atoms with Crippen LogP contribution in [-0.2, 0) is 4.79 Å². The van der Waals surface area contributed by atoms with Gasteiger partial charge in [-0.1, -0.05) is 6.92 Å². The number of amides is 2. The molecule has 0 aromatic heterocycles. The second-order valence-electron chi connectivity index (χ2n) is 5.43. The Morgan fingerprint density at radius 1 is 0.960 bits per heavy atom. The van der Waals surface area contributed by atoms with Crippen LogP contribution in [0.5, 0.6) is 11.5 Å². The molecule has 0 atom stereocenters. The summed E-state index contributed by atoms with van der Waals surface area (Å²) in [6, 6.07) is 11.9. The number of hydrogen-bond donors (Lipinski definition) is 2. The number of anilines is 2. The van der Waals surface area contributed by atoms with E-state index in [-0.39, 0.29) is 11.8 Å². The number of carbonyl (C=O) groups excluding carboxylic acids is 2. The Hall–Kier alpha value is -3.02. The van der Waals surface area contributed by atoms with Crippen LogP contribution in [0.2, 0.25) is 0 Å². The largest absolute Gasteiger partial charge is 0.493 e. The first-order valence-electron chi connectivity index (χ1n) is 8.03. The van der Waals surface area contributed by atoms with Gasteiger partial charge in [0.25, 0.3) is 5.91 Å². The molecule has 2 aromatic carbocycles. The van der Waals surface area contributed by atoms with Gasteiger partial charge in [-0.25, -0.2) is 0 Å². The molecule has 0 radical (unpaired) electrons. The lowest BCUT2D eigenvalue weighted by Gasteiger charge is -2.12. The average Bonchev–Trinajstić information content (AvgIpc) is 2.61. The van der Waals surface area contributed by atoms with Gasteiger partial charge in [-0.2, -0.15) is 0 Å². The van der Waals surface area contributed by atoms with Crippen LogP contribution in [0.1, 0.15) is 30.6 Å². The molecule has 2 amide bonds. The highest BCUT2D eigenvalue weighted by Crippen LogP contribution is 2.28. The molecule has 0 aliphatic rings. The van der Waals surface area contributed by atoms with Gasteiger partial charge in [0.15, 0.2) is 11.5 Å². The highest BCUT2D eigenvalue weighted by Gasteiger charge is 2.11. The van der Waals surface area contributed by atoms with Crippen molar-refractivity contribution in [2.24, 2.45) is 0 Å². The molecule has 2 aromatic rings. The van der Waals surface area contributed by atoms with Crippen LogP contribution in [0.25, 0.3) is 0 Å². The van der Waals surface area contributed by atoms with Gasteiger partial charge in [-0.3, -0.25) is 9.59 Å². The minimum Gasteiger partial charge on any atom is -0.493 e. The van der Waals surface area contributed by atoms with Crippen molar-refractivity contribution in [1.29, 1.82) is 0 Å². The van der Waals surface area contributed by atoms with Gasteiger partial charge in [0, 0.05) is 23.9 Å². The van der Waals surface area contributed by atoms with Gasteiger partial charge in [-0.05, 0) is 48.9 Å². The van der Waals surface area contributed by atoms with E-state index in [1.165, 1.54) is 14.0 Å². The normalized spacial score (nSPS) is 10.0. The third-order valence-corrected chi connectivity index (χ3v) is 3.35. The van der Waals surface area contributed by atoms with Crippen LogP contribution < -0.4 is 20.1 Å². The number of rotatable bonds is 7. The first-order valence-corrected chi connectivity index (χ1v) is 8.03. The summed E-state index contributed by atoms with van der Waals surface area (Å²) < 4.78 is 10.9. The SMILES string of the molecule is CCCOc1ccc(C(=O)Nc2ccc(NC(C)=O)cc2)cc1OC. The zero-order valence-corrected chi connectivity index (χ0v) is 14.6. The van der Waals surface area contributed by atoms with Crippen molar-refractivity contribution in [3.8, 4) is 11.5 Å². The summed E-state index contributed by atoms with van der Waals surface area (Å²) in [5.41, 5.74) is 1.76. The van der Waals surface area contributed by atoms with E-state index in [9.17, 15) is 9.59 Å². The van der Waals surface area contributed by atoms with E-state index in [4.69, 9.17) is 9.47 Å². The molecule has 2 N–H and O–H groups in total. The Morgan fingerprint density at radius 2 is 1.60 bits per heavy atom. The van der Waals surface area contributed by atoms with Gasteiger partial charge in [0.05, 0.1) is 13.7 Å². The summed E-state index contributed by atoms with van der Waals surface area (Å²) in [7, 11) is 1.54. The molecular weight excluding hydrogens is 320 g/mol. The first kappa shape index (κ1) is 18.3. The molecule has 25 heavy (non-hydrogen) atoms. The molecule has 0 saturated carbocycles. The van der Waals surface area contributed by atoms with Crippen LogP contribution in [0.3, 0.4) is 0 Å². The third kappa shape index (κ3) is 5.24. The van der Waals surface area contributed by atoms with E-state index >= 15 is 0 Å². The quantitative estimate of drug-likeness (QED) is 0.804. The summed E-state index contributed by atoms with van der Waals surface area (Å²) in [5.74, 6) is 0.726. The Bertz CT molecular complexity index is 742. The van der Waals surface area contributed by atoms with Gasteiger partial charge in [-0.15, -0.1) is 0 Å². The Kier molecular flexibility index (Phi) is 6.39. The Labute approximate surface area is 147 Å². The van der Waals surface area contributed by atoms with Gasteiger partial charge in [0.2, 0.25) is 5.91 Å². The van der Waals surface area contributed by atoms with E-state index in [0.29, 0.717) is 35.0 Å². The molecule has 0 unspecified atom stereocenters. The van der Waals surface area contributed by atoms with Crippen molar-refractivity contribution in [1.82, 2.24) is 0 Å². The fourth-order valence-electron chi connectivity index (χ4n) is 2.18. The minimum absolute atomic E-state index is 0.144. The predicted molar refractivity (Wildman–Crippen MR) is 97.5 cm³/mol. The zero-order valence-electron chi connectivity index (χ0n) is 14.6. The van der Waals surface area contributed by atoms with E-state index in [1.54, 1.807) is 42.5 Å². The maximum Gasteiger partial charge on any atom is 0.255 e. The summed E-state index contributed by atoms with van der Waals surface area (Å²) in [6.45, 7) is 4.05. The molecule has 0 spiro atoms. The zero-order chi connectivity index (χ0) is 18.2. The topological polar surface area (TPSA) is 76.7 Å². The van der Waals surface area contributed by atoms with Crippen molar-refractivity contribution in [2.75, 3.05) is 24.4 Å². The summed E-state index contributed by atoms with van der Waals surface area (Å²) in [5, 5.41) is 5.48. The molecule has 0 aliphatic heterocycles. The summed E-state index contributed by atoms with van der Waals surface area (Å²) in [4.78, 5) is 23.4. The number of carbonyl (C=O) groups is 2. The monoisotopic (exact) mass is 342 g/mol. The molecule has 6 heteroatoms. The van der Waals surface area contributed by atoms with Gasteiger partial charge >= 0.3 is 0 Å². The fraction of sp³-hybridized carbons (Fsp3) is 0.263. The molecule has 0 heterocycles. The van der Waals surface area contributed by atoms with Crippen LogP contribution in [0.15, 0.2) is 42.5 Å². The molecule has 0 aliphatic carbocycles. The molecule has 2 rings (SSSR count). The number of methoxy groups -OCH3 is 1. The Balaban J connectivity index is 2.08. The third-order valence-electron chi connectivity index (χ3n) is 3.35. The van der Waals surface area contributed by atoms with E-state index in [1.807, 2.05) is 6.92 Å². The van der Waals surface area contributed by atoms with E-state index in [0.717, 1.165) is 6.42 Å². The highest BCUT2D eigenvalue weighted by atomic mass is 16.5. The number of benzene rings is 2. The maximum atomic E-state index is 12.4. The molecule has 0 saturated heterocycles. The first-order chi connectivity index (χ1) is 12.0. The van der Waals surface area contributed by atoms with Gasteiger partial charge < -0.3 is 20.1 Å². The average molecular weight is 342 g/mol. The lowest BCUT2D eigenvalue weighted by Crippen LogP contribution is -2.12. The maximum absolute atomic E-state index is 12.4. The van der Waals surface area contributed by atoms with Crippen LogP contribution in [0.4, 0.5) is 11.4 Å². The smallest absolute Gasteiger partial charge is 0.255 e. The standard InChI is InChI=1S/C19H22N2O4/c1-4-11-25-17-10-5-14(12-18(17)24-3)19(23)21-16-8-6-15(7-9-16)20-13(2)22/h5-10,12H,4,11H2,1-3H3,(H,20,22)(H,21,23). The highest BCUT2D eigenvalue weighted by molar-refractivity contribution is 6.04. The molecule has 132 valence electrons. The molecule has 6 nitrogen and oxygen atoms in total. The van der Waals surface area contributed by atoms with Crippen LogP contribution in [-0.4, -0.2) is 25.5 Å². The summed E-state index contributed by atoms with van der Waals surface area (Å²) >= 11 is 0. The molecule has 0 bridgehead atoms. The van der Waals surface area contributed by atoms with Crippen LogP contribution in [0, 0.1) is 0 Å². The number of nitrogens with one attached hydrogen (secondary N) is 2. The lowest BCUT2D eigenvalue weighted by molar-refractivity contribution is -0.114. The number of hydrogen-bond acceptors (Lipinski definition) is 4. The van der Waals surface area contributed by atoms with Crippen molar-refractivity contribution in [3.05, 3.63) is 48.0 Å². The number of ether oxygens (including phenoxy) is 2. The van der Waals surface area contributed by atoms with Crippen molar-refractivity contribution < 1.29 is 19.1 Å². The van der Waals surface area contributed by atoms with Crippen molar-refractivity contribution in [3.63, 3.8) is 0 Å². The Morgan fingerprint density at radius 3 is 2.16 bits per heavy atom. The second kappa shape index (κ2) is 8.73. The molecule has 0 fully saturated rings. The fourth-order valence-corrected chi connectivity index (χ4v) is 2.18. The summed E-state index contributed by atoms with van der Waals surface area (Å²) in [6.07, 6.45) is 0.889.